The molecule has 5 heteroatoms. The minimum atomic E-state index is 0.127. The molecule has 0 atom stereocenters. The molecule has 3 heterocycles. The minimum Gasteiger partial charge on any atom is -0.370 e. The van der Waals surface area contributed by atoms with Gasteiger partial charge in [-0.15, -0.1) is 0 Å². The molecule has 0 radical (unpaired) electrons. The normalized spacial score (nSPS) is 20.2. The van der Waals surface area contributed by atoms with Crippen molar-refractivity contribution in [3.63, 3.8) is 0 Å². The van der Waals surface area contributed by atoms with Crippen LogP contribution >= 0.6 is 0 Å². The van der Waals surface area contributed by atoms with Crippen molar-refractivity contribution in [2.45, 2.75) is 26.2 Å². The fourth-order valence-corrected chi connectivity index (χ4v) is 3.32. The lowest BCUT2D eigenvalue weighted by Gasteiger charge is -2.34. The second-order valence-corrected chi connectivity index (χ2v) is 6.21. The van der Waals surface area contributed by atoms with Crippen molar-refractivity contribution >= 4 is 11.6 Å². The van der Waals surface area contributed by atoms with E-state index in [1.54, 1.807) is 6.20 Å². The average Bonchev–Trinajstić information content (AvgIpc) is 2.62. The van der Waals surface area contributed by atoms with E-state index in [1.165, 1.54) is 19.3 Å². The molecule has 0 unspecified atom stereocenters. The van der Waals surface area contributed by atoms with Crippen LogP contribution in [0.5, 0.6) is 0 Å². The topological polar surface area (TPSA) is 39.7 Å². The Labute approximate surface area is 132 Å². The second kappa shape index (κ2) is 7.09. The summed E-state index contributed by atoms with van der Waals surface area (Å²) in [6, 6.07) is 2.02. The Hall–Kier alpha value is -1.62. The number of hydrogen-bond donors (Lipinski definition) is 0. The van der Waals surface area contributed by atoms with E-state index in [4.69, 9.17) is 0 Å². The molecule has 1 aromatic rings. The quantitative estimate of drug-likeness (QED) is 0.854. The molecule has 2 aliphatic heterocycles. The van der Waals surface area contributed by atoms with Gasteiger partial charge in [0.1, 0.15) is 0 Å². The summed E-state index contributed by atoms with van der Waals surface area (Å²) in [4.78, 5) is 23.7. The molecule has 5 nitrogen and oxygen atoms in total. The largest absolute Gasteiger partial charge is 0.370 e. The third-order valence-corrected chi connectivity index (χ3v) is 4.80. The number of nitrogens with zero attached hydrogens (tertiary/aromatic N) is 4. The van der Waals surface area contributed by atoms with Crippen molar-refractivity contribution in [1.29, 1.82) is 0 Å². The highest BCUT2D eigenvalue weighted by molar-refractivity contribution is 5.94. The lowest BCUT2D eigenvalue weighted by Crippen LogP contribution is -2.48. The number of hydrogen-bond acceptors (Lipinski definition) is 4. The molecular formula is C17H26N4O. The second-order valence-electron chi connectivity index (χ2n) is 6.21. The standard InChI is InChI=1S/C17H26N4O/c1-2-19-8-10-21(11-9-19)17(22)15-12-16(14-18-13-15)20-6-4-3-5-7-20/h12-14H,2-11H2,1H3. The Morgan fingerprint density at radius 1 is 1.05 bits per heavy atom. The van der Waals surface area contributed by atoms with E-state index in [1.807, 2.05) is 17.2 Å². The van der Waals surface area contributed by atoms with E-state index in [0.29, 0.717) is 0 Å². The maximum Gasteiger partial charge on any atom is 0.255 e. The van der Waals surface area contributed by atoms with E-state index in [-0.39, 0.29) is 5.91 Å². The first-order valence-electron chi connectivity index (χ1n) is 8.49. The van der Waals surface area contributed by atoms with Crippen molar-refractivity contribution in [3.05, 3.63) is 24.0 Å². The van der Waals surface area contributed by atoms with E-state index in [0.717, 1.165) is 57.1 Å². The van der Waals surface area contributed by atoms with Crippen LogP contribution in [0.2, 0.25) is 0 Å². The zero-order chi connectivity index (χ0) is 15.4. The molecule has 3 rings (SSSR count). The molecule has 120 valence electrons. The van der Waals surface area contributed by atoms with Gasteiger partial charge in [0, 0.05) is 45.5 Å². The fraction of sp³-hybridized carbons (Fsp3) is 0.647. The highest BCUT2D eigenvalue weighted by Gasteiger charge is 2.22. The molecule has 2 saturated heterocycles. The van der Waals surface area contributed by atoms with Gasteiger partial charge in [0.15, 0.2) is 0 Å². The highest BCUT2D eigenvalue weighted by atomic mass is 16.2. The van der Waals surface area contributed by atoms with Crippen LogP contribution in [0.25, 0.3) is 0 Å². The maximum atomic E-state index is 12.7. The molecule has 1 amide bonds. The Bertz CT molecular complexity index is 505. The first kappa shape index (κ1) is 15.3. The first-order chi connectivity index (χ1) is 10.8. The van der Waals surface area contributed by atoms with Crippen LogP contribution in [-0.4, -0.2) is 66.5 Å². The number of carbonyl (C=O) groups excluding carboxylic acids is 1. The summed E-state index contributed by atoms with van der Waals surface area (Å²) in [5.41, 5.74) is 1.82. The Morgan fingerprint density at radius 2 is 1.77 bits per heavy atom. The number of aromatic nitrogens is 1. The monoisotopic (exact) mass is 302 g/mol. The number of anilines is 1. The minimum absolute atomic E-state index is 0.127. The first-order valence-corrected chi connectivity index (χ1v) is 8.49. The summed E-state index contributed by atoms with van der Waals surface area (Å²) < 4.78 is 0. The Kier molecular flexibility index (Phi) is 4.93. The van der Waals surface area contributed by atoms with Crippen LogP contribution in [0.4, 0.5) is 5.69 Å². The van der Waals surface area contributed by atoms with Gasteiger partial charge in [-0.3, -0.25) is 9.78 Å². The van der Waals surface area contributed by atoms with Gasteiger partial charge < -0.3 is 14.7 Å². The van der Waals surface area contributed by atoms with Crippen LogP contribution in [0, 0.1) is 0 Å². The van der Waals surface area contributed by atoms with Crippen LogP contribution in [0.15, 0.2) is 18.5 Å². The molecule has 0 N–H and O–H groups in total. The van der Waals surface area contributed by atoms with Crippen LogP contribution in [0.1, 0.15) is 36.5 Å². The molecule has 0 saturated carbocycles. The summed E-state index contributed by atoms with van der Waals surface area (Å²) in [5.74, 6) is 0.127. The molecule has 2 aliphatic rings. The number of carbonyl (C=O) groups is 1. The van der Waals surface area contributed by atoms with Crippen LogP contribution < -0.4 is 4.90 Å². The van der Waals surface area contributed by atoms with E-state index in [9.17, 15) is 4.79 Å². The number of piperazine rings is 1. The van der Waals surface area contributed by atoms with Gasteiger partial charge in [0.2, 0.25) is 0 Å². The van der Waals surface area contributed by atoms with Gasteiger partial charge in [0.25, 0.3) is 5.91 Å². The zero-order valence-electron chi connectivity index (χ0n) is 13.5. The lowest BCUT2D eigenvalue weighted by molar-refractivity contribution is 0.0643. The number of likely N-dealkylation sites (N-methyl/N-ethyl adjacent to an activating group) is 1. The summed E-state index contributed by atoms with van der Waals surface area (Å²) in [6.07, 6.45) is 7.37. The Balaban J connectivity index is 1.67. The summed E-state index contributed by atoms with van der Waals surface area (Å²) in [7, 11) is 0. The van der Waals surface area contributed by atoms with Crippen LogP contribution in [0.3, 0.4) is 0 Å². The lowest BCUT2D eigenvalue weighted by atomic mass is 10.1. The maximum absolute atomic E-state index is 12.7. The molecule has 0 bridgehead atoms. The molecule has 2 fully saturated rings. The van der Waals surface area contributed by atoms with E-state index in [2.05, 4.69) is 21.7 Å². The van der Waals surface area contributed by atoms with Gasteiger partial charge in [-0.1, -0.05) is 6.92 Å². The van der Waals surface area contributed by atoms with Gasteiger partial charge in [-0.25, -0.2) is 0 Å². The molecule has 1 aromatic heterocycles. The molecule has 0 spiro atoms. The smallest absolute Gasteiger partial charge is 0.255 e. The molecule has 22 heavy (non-hydrogen) atoms. The third-order valence-electron chi connectivity index (χ3n) is 4.80. The van der Waals surface area contributed by atoms with Crippen molar-refractivity contribution in [2.24, 2.45) is 0 Å². The fourth-order valence-electron chi connectivity index (χ4n) is 3.32. The Morgan fingerprint density at radius 3 is 2.45 bits per heavy atom. The highest BCUT2D eigenvalue weighted by Crippen LogP contribution is 2.20. The summed E-state index contributed by atoms with van der Waals surface area (Å²) >= 11 is 0. The number of rotatable bonds is 3. The van der Waals surface area contributed by atoms with E-state index >= 15 is 0 Å². The summed E-state index contributed by atoms with van der Waals surface area (Å²) in [5, 5.41) is 0. The molecule has 0 aromatic carbocycles. The van der Waals surface area contributed by atoms with Gasteiger partial charge >= 0.3 is 0 Å². The zero-order valence-corrected chi connectivity index (χ0v) is 13.5. The number of piperidine rings is 1. The van der Waals surface area contributed by atoms with E-state index < -0.39 is 0 Å². The third kappa shape index (κ3) is 3.40. The predicted octanol–water partition coefficient (Wildman–Crippen LogP) is 1.85. The van der Waals surface area contributed by atoms with Gasteiger partial charge in [-0.2, -0.15) is 0 Å². The summed E-state index contributed by atoms with van der Waals surface area (Å²) in [6.45, 7) is 8.98. The average molecular weight is 302 g/mol. The van der Waals surface area contributed by atoms with Crippen molar-refractivity contribution in [3.8, 4) is 0 Å². The SMILES string of the molecule is CCN1CCN(C(=O)c2cncc(N3CCCCC3)c2)CC1. The molecular weight excluding hydrogens is 276 g/mol. The number of amides is 1. The van der Waals surface area contributed by atoms with Crippen molar-refractivity contribution < 1.29 is 4.79 Å². The predicted molar refractivity (Wildman–Crippen MR) is 88.3 cm³/mol. The van der Waals surface area contributed by atoms with Crippen molar-refractivity contribution in [1.82, 2.24) is 14.8 Å². The van der Waals surface area contributed by atoms with Gasteiger partial charge in [0.05, 0.1) is 17.4 Å². The van der Waals surface area contributed by atoms with Crippen molar-refractivity contribution in [2.75, 3.05) is 50.7 Å². The van der Waals surface area contributed by atoms with Gasteiger partial charge in [-0.05, 0) is 31.9 Å². The van der Waals surface area contributed by atoms with Crippen LogP contribution in [-0.2, 0) is 0 Å². The number of pyridine rings is 1. The molecule has 0 aliphatic carbocycles.